The molecule has 3 N–H and O–H groups in total. The molecule has 2 aromatic carbocycles. The van der Waals surface area contributed by atoms with Crippen LogP contribution in [0.2, 0.25) is 0 Å². The van der Waals surface area contributed by atoms with Crippen molar-refractivity contribution in [2.45, 2.75) is 31.7 Å². The fourth-order valence-corrected chi connectivity index (χ4v) is 5.69. The lowest BCUT2D eigenvalue weighted by Crippen LogP contribution is -2.44. The molecule has 0 spiro atoms. The van der Waals surface area contributed by atoms with Crippen LogP contribution in [-0.2, 0) is 4.79 Å². The second kappa shape index (κ2) is 12.0. The molecule has 2 aliphatic heterocycles. The van der Waals surface area contributed by atoms with Crippen molar-refractivity contribution in [1.29, 1.82) is 0 Å². The van der Waals surface area contributed by atoms with Gasteiger partial charge in [0.15, 0.2) is 5.65 Å². The minimum atomic E-state index is 0.0251. The summed E-state index contributed by atoms with van der Waals surface area (Å²) in [5.74, 6) is 2.14. The first-order chi connectivity index (χ1) is 19.7. The summed E-state index contributed by atoms with van der Waals surface area (Å²) in [6, 6.07) is 17.5. The molecule has 4 heterocycles. The van der Waals surface area contributed by atoms with Gasteiger partial charge in [0.2, 0.25) is 5.91 Å². The highest BCUT2D eigenvalue weighted by Gasteiger charge is 2.28. The molecule has 1 amide bonds. The normalized spacial score (nSPS) is 18.2. The van der Waals surface area contributed by atoms with Crippen molar-refractivity contribution < 1.29 is 9.53 Å². The number of hydrogen-bond donors (Lipinski definition) is 2. The predicted molar refractivity (Wildman–Crippen MR) is 155 cm³/mol. The third-order valence-electron chi connectivity index (χ3n) is 7.79. The van der Waals surface area contributed by atoms with E-state index in [9.17, 15) is 4.79 Å². The topological polar surface area (TPSA) is 114 Å². The molecule has 10 heteroatoms. The third kappa shape index (κ3) is 5.78. The van der Waals surface area contributed by atoms with Gasteiger partial charge in [0.25, 0.3) is 0 Å². The summed E-state index contributed by atoms with van der Waals surface area (Å²) >= 11 is 0. The highest BCUT2D eigenvalue weighted by Crippen LogP contribution is 2.35. The number of carbonyl (C=O) groups is 1. The number of nitrogens with one attached hydrogen (secondary N) is 1. The maximum absolute atomic E-state index is 13.1. The molecule has 1 unspecified atom stereocenters. The summed E-state index contributed by atoms with van der Waals surface area (Å²) in [4.78, 5) is 26.4. The van der Waals surface area contributed by atoms with E-state index in [0.29, 0.717) is 24.4 Å². The molecular formula is C30H36N8O2. The Morgan fingerprint density at radius 1 is 1.00 bits per heavy atom. The molecule has 4 aromatic rings. The van der Waals surface area contributed by atoms with Crippen LogP contribution in [0.4, 0.5) is 5.82 Å². The first-order valence-corrected chi connectivity index (χ1v) is 14.2. The number of likely N-dealkylation sites (tertiary alicyclic amines) is 1. The molecule has 0 saturated carbocycles. The zero-order chi connectivity index (χ0) is 27.3. The first kappa shape index (κ1) is 26.2. The molecule has 0 bridgehead atoms. The molecule has 208 valence electrons. The van der Waals surface area contributed by atoms with Crippen LogP contribution in [0, 0.1) is 0 Å². The number of para-hydroxylation sites is 1. The zero-order valence-corrected chi connectivity index (χ0v) is 22.7. The lowest BCUT2D eigenvalue weighted by Gasteiger charge is -2.33. The molecule has 10 nitrogen and oxygen atoms in total. The number of hydrogen-bond acceptors (Lipinski definition) is 8. The van der Waals surface area contributed by atoms with Crippen LogP contribution in [0.3, 0.4) is 0 Å². The number of nitrogens with two attached hydrogens (primary N) is 1. The minimum Gasteiger partial charge on any atom is -0.457 e. The van der Waals surface area contributed by atoms with Crippen LogP contribution < -0.4 is 15.8 Å². The molecule has 2 fully saturated rings. The van der Waals surface area contributed by atoms with Gasteiger partial charge in [0, 0.05) is 51.3 Å². The summed E-state index contributed by atoms with van der Waals surface area (Å²) in [6.07, 6.45) is 4.81. The monoisotopic (exact) mass is 540 g/mol. The highest BCUT2D eigenvalue weighted by atomic mass is 16.5. The third-order valence-corrected chi connectivity index (χ3v) is 7.79. The quantitative estimate of drug-likeness (QED) is 0.348. The van der Waals surface area contributed by atoms with Gasteiger partial charge in [-0.1, -0.05) is 18.2 Å². The Labute approximate surface area is 234 Å². The number of rotatable bonds is 8. The van der Waals surface area contributed by atoms with E-state index in [2.05, 4.69) is 20.2 Å². The van der Waals surface area contributed by atoms with Crippen molar-refractivity contribution in [1.82, 2.24) is 34.9 Å². The Kier molecular flexibility index (Phi) is 7.87. The number of aromatic nitrogens is 4. The van der Waals surface area contributed by atoms with Crippen molar-refractivity contribution in [2.24, 2.45) is 0 Å². The Morgan fingerprint density at radius 3 is 2.58 bits per heavy atom. The number of benzene rings is 2. The van der Waals surface area contributed by atoms with Crippen LogP contribution in [0.25, 0.3) is 22.3 Å². The van der Waals surface area contributed by atoms with Gasteiger partial charge in [-0.3, -0.25) is 4.79 Å². The molecule has 2 aliphatic rings. The lowest BCUT2D eigenvalue weighted by molar-refractivity contribution is -0.133. The van der Waals surface area contributed by atoms with E-state index in [1.807, 2.05) is 64.2 Å². The van der Waals surface area contributed by atoms with Gasteiger partial charge in [-0.05, 0) is 62.2 Å². The number of piperazine rings is 1. The highest BCUT2D eigenvalue weighted by molar-refractivity contribution is 5.98. The fraction of sp³-hybridized carbons (Fsp3) is 0.400. The number of ether oxygens (including phenoxy) is 1. The number of amides is 1. The van der Waals surface area contributed by atoms with Crippen molar-refractivity contribution in [3.63, 3.8) is 0 Å². The Morgan fingerprint density at radius 2 is 1.77 bits per heavy atom. The van der Waals surface area contributed by atoms with Gasteiger partial charge in [0.05, 0.1) is 11.4 Å². The standard InChI is InChI=1S/C30H36N8O2/c31-29-27-28(22-10-12-25(13-11-22)40-24-7-2-1-3-8-24)35-38(30(27)34-21-33-29)23-6-4-17-37(20-23)26(39)9-5-16-36-18-14-32-15-19-36/h1-3,7-8,10-13,21,23,32H,4-6,9,14-20H2,(H2,31,33,34). The van der Waals surface area contributed by atoms with Gasteiger partial charge in [-0.2, -0.15) is 5.10 Å². The molecule has 40 heavy (non-hydrogen) atoms. The van der Waals surface area contributed by atoms with Gasteiger partial charge in [-0.25, -0.2) is 14.6 Å². The molecule has 6 rings (SSSR count). The van der Waals surface area contributed by atoms with E-state index < -0.39 is 0 Å². The van der Waals surface area contributed by atoms with E-state index in [-0.39, 0.29) is 11.9 Å². The van der Waals surface area contributed by atoms with Crippen LogP contribution in [-0.4, -0.2) is 81.3 Å². The van der Waals surface area contributed by atoms with Crippen LogP contribution in [0.1, 0.15) is 31.7 Å². The molecule has 0 radical (unpaired) electrons. The molecule has 2 aromatic heterocycles. The maximum atomic E-state index is 13.1. The number of piperidine rings is 1. The van der Waals surface area contributed by atoms with E-state index in [0.717, 1.165) is 86.7 Å². The molecule has 1 atom stereocenters. The fourth-order valence-electron chi connectivity index (χ4n) is 5.69. The summed E-state index contributed by atoms with van der Waals surface area (Å²) in [6.45, 7) is 6.56. The number of carbonyl (C=O) groups excluding carboxylic acids is 1. The van der Waals surface area contributed by atoms with E-state index in [1.54, 1.807) is 0 Å². The second-order valence-electron chi connectivity index (χ2n) is 10.5. The van der Waals surface area contributed by atoms with Gasteiger partial charge >= 0.3 is 0 Å². The van der Waals surface area contributed by atoms with Gasteiger partial charge in [0.1, 0.15) is 29.3 Å². The predicted octanol–water partition coefficient (Wildman–Crippen LogP) is 3.72. The van der Waals surface area contributed by atoms with Crippen molar-refractivity contribution in [2.75, 3.05) is 51.5 Å². The second-order valence-corrected chi connectivity index (χ2v) is 10.5. The first-order valence-electron chi connectivity index (χ1n) is 14.2. The Hall–Kier alpha value is -4.02. The smallest absolute Gasteiger partial charge is 0.222 e. The van der Waals surface area contributed by atoms with E-state index in [1.165, 1.54) is 6.33 Å². The largest absolute Gasteiger partial charge is 0.457 e. The zero-order valence-electron chi connectivity index (χ0n) is 22.7. The van der Waals surface area contributed by atoms with Gasteiger partial charge in [-0.15, -0.1) is 0 Å². The average Bonchev–Trinajstić information content (AvgIpc) is 3.40. The maximum Gasteiger partial charge on any atom is 0.222 e. The Bertz CT molecular complexity index is 1430. The van der Waals surface area contributed by atoms with Crippen molar-refractivity contribution >= 4 is 22.8 Å². The molecule has 0 aliphatic carbocycles. The number of nitrogen functional groups attached to an aromatic ring is 1. The minimum absolute atomic E-state index is 0.0251. The van der Waals surface area contributed by atoms with Crippen molar-refractivity contribution in [3.05, 3.63) is 60.9 Å². The van der Waals surface area contributed by atoms with Crippen LogP contribution in [0.15, 0.2) is 60.9 Å². The SMILES string of the molecule is Nc1ncnc2c1c(-c1ccc(Oc3ccccc3)cc1)nn2C1CCCN(C(=O)CCCN2CCNCC2)C1. The number of nitrogens with zero attached hydrogens (tertiary/aromatic N) is 6. The summed E-state index contributed by atoms with van der Waals surface area (Å²) < 4.78 is 7.92. The van der Waals surface area contributed by atoms with Crippen molar-refractivity contribution in [3.8, 4) is 22.8 Å². The van der Waals surface area contributed by atoms with E-state index >= 15 is 0 Å². The molecule has 2 saturated heterocycles. The summed E-state index contributed by atoms with van der Waals surface area (Å²) in [7, 11) is 0. The number of fused-ring (bicyclic) bond motifs is 1. The summed E-state index contributed by atoms with van der Waals surface area (Å²) in [5, 5.41) is 9.13. The van der Waals surface area contributed by atoms with E-state index in [4.69, 9.17) is 15.6 Å². The number of anilines is 1. The summed E-state index contributed by atoms with van der Waals surface area (Å²) in [5.41, 5.74) is 8.70. The lowest BCUT2D eigenvalue weighted by atomic mass is 10.0. The molecular weight excluding hydrogens is 504 g/mol. The van der Waals surface area contributed by atoms with Crippen LogP contribution in [0.5, 0.6) is 11.5 Å². The van der Waals surface area contributed by atoms with Gasteiger partial charge < -0.3 is 25.6 Å². The van der Waals surface area contributed by atoms with Crippen LogP contribution >= 0.6 is 0 Å². The average molecular weight is 541 g/mol. The Balaban J connectivity index is 1.18.